The number of aryl methyl sites for hydroxylation is 2. The maximum Gasteiger partial charge on any atom is 0.161 e. The third-order valence-electron chi connectivity index (χ3n) is 7.79. The number of rotatable bonds is 5. The molecule has 4 aromatic rings. The zero-order valence-corrected chi connectivity index (χ0v) is 21.7. The summed E-state index contributed by atoms with van der Waals surface area (Å²) in [6.45, 7) is 4.03. The fourth-order valence-electron chi connectivity index (χ4n) is 5.86. The molecule has 0 radical (unpaired) electrons. The van der Waals surface area contributed by atoms with Crippen molar-refractivity contribution in [2.24, 2.45) is 0 Å². The number of imidazole rings is 1. The number of aromatic nitrogens is 3. The van der Waals surface area contributed by atoms with Crippen molar-refractivity contribution in [3.63, 3.8) is 0 Å². The Bertz CT molecular complexity index is 1480. The Labute approximate surface area is 219 Å². The molecule has 0 amide bonds. The van der Waals surface area contributed by atoms with Gasteiger partial charge in [-0.05, 0) is 75.4 Å². The molecule has 0 N–H and O–H groups in total. The Morgan fingerprint density at radius 2 is 1.82 bits per heavy atom. The van der Waals surface area contributed by atoms with E-state index in [-0.39, 0.29) is 24.9 Å². The number of methoxy groups -OCH3 is 1. The summed E-state index contributed by atoms with van der Waals surface area (Å²) in [5.74, 6) is -0.184. The van der Waals surface area contributed by atoms with Gasteiger partial charge in [0, 0.05) is 30.5 Å². The van der Waals surface area contributed by atoms with Crippen LogP contribution in [0.25, 0.3) is 22.2 Å². The lowest BCUT2D eigenvalue weighted by Crippen LogP contribution is -2.35. The summed E-state index contributed by atoms with van der Waals surface area (Å²) in [7, 11) is 1.77. The second kappa shape index (κ2) is 9.87. The van der Waals surface area contributed by atoms with Crippen LogP contribution in [-0.4, -0.2) is 34.7 Å². The molecule has 1 saturated carbocycles. The van der Waals surface area contributed by atoms with Crippen molar-refractivity contribution in [1.29, 1.82) is 0 Å². The van der Waals surface area contributed by atoms with Crippen LogP contribution in [0.2, 0.25) is 0 Å². The highest BCUT2D eigenvalue weighted by atomic mass is 19.2. The van der Waals surface area contributed by atoms with Crippen LogP contribution in [0.5, 0.6) is 0 Å². The Morgan fingerprint density at radius 3 is 2.53 bits per heavy atom. The van der Waals surface area contributed by atoms with E-state index in [1.807, 2.05) is 24.8 Å². The maximum absolute atomic E-state index is 14.2. The van der Waals surface area contributed by atoms with Crippen molar-refractivity contribution >= 4 is 16.7 Å². The van der Waals surface area contributed by atoms with Crippen LogP contribution in [0.1, 0.15) is 55.0 Å². The number of anilines is 1. The molecule has 7 nitrogen and oxygen atoms in total. The van der Waals surface area contributed by atoms with E-state index >= 15 is 0 Å². The minimum atomic E-state index is -0.897. The molecule has 3 heterocycles. The first-order valence-corrected chi connectivity index (χ1v) is 12.9. The molecule has 1 aliphatic heterocycles. The van der Waals surface area contributed by atoms with Gasteiger partial charge in [-0.15, -0.1) is 0 Å². The van der Waals surface area contributed by atoms with E-state index in [4.69, 9.17) is 19.0 Å². The molecular formula is C29H30F2N4O3. The first-order valence-electron chi connectivity index (χ1n) is 12.9. The van der Waals surface area contributed by atoms with E-state index in [0.29, 0.717) is 5.69 Å². The molecule has 1 atom stereocenters. The van der Waals surface area contributed by atoms with Gasteiger partial charge in [-0.1, -0.05) is 11.2 Å². The molecule has 0 unspecified atom stereocenters. The highest BCUT2D eigenvalue weighted by Crippen LogP contribution is 2.40. The molecule has 1 aliphatic carbocycles. The van der Waals surface area contributed by atoms with Gasteiger partial charge in [0.15, 0.2) is 18.4 Å². The fourth-order valence-corrected chi connectivity index (χ4v) is 5.86. The summed E-state index contributed by atoms with van der Waals surface area (Å²) in [4.78, 5) is 7.06. The highest BCUT2D eigenvalue weighted by molar-refractivity contribution is 5.84. The van der Waals surface area contributed by atoms with Crippen LogP contribution in [-0.2, 0) is 9.47 Å². The van der Waals surface area contributed by atoms with Crippen LogP contribution < -0.4 is 4.90 Å². The minimum Gasteiger partial charge on any atom is -0.481 e. The summed E-state index contributed by atoms with van der Waals surface area (Å²) in [5, 5.41) is 4.11. The van der Waals surface area contributed by atoms with Gasteiger partial charge in [-0.3, -0.25) is 0 Å². The number of halogens is 2. The van der Waals surface area contributed by atoms with Crippen LogP contribution in [0.15, 0.2) is 53.3 Å². The standard InChI is InChI=1S/C29H30F2N4O3/c1-17-28(18(2)38-33-17)19-4-11-26-25(14-19)32-29(35(26)20-5-8-22(36-3)9-6-20)27-12-13-37-16-34(27)21-7-10-23(30)24(31)15-21/h4,7,10-15,20,22,27H,5-6,8-9,16H2,1-3H3/t20?,22?,27-/m0/s1. The van der Waals surface area contributed by atoms with Gasteiger partial charge in [0.05, 0.1) is 29.1 Å². The molecule has 6 rings (SSSR count). The Kier molecular flexibility index (Phi) is 6.39. The van der Waals surface area contributed by atoms with E-state index in [1.54, 1.807) is 19.4 Å². The lowest BCUT2D eigenvalue weighted by molar-refractivity contribution is 0.0584. The van der Waals surface area contributed by atoms with Crippen molar-refractivity contribution in [3.8, 4) is 11.1 Å². The lowest BCUT2D eigenvalue weighted by atomic mass is 9.92. The molecule has 198 valence electrons. The molecule has 1 fully saturated rings. The summed E-state index contributed by atoms with van der Waals surface area (Å²) in [5.41, 5.74) is 5.21. The zero-order chi connectivity index (χ0) is 26.4. The van der Waals surface area contributed by atoms with Gasteiger partial charge in [0.2, 0.25) is 0 Å². The number of benzene rings is 2. The second-order valence-corrected chi connectivity index (χ2v) is 10.0. The van der Waals surface area contributed by atoms with Crippen molar-refractivity contribution in [1.82, 2.24) is 14.7 Å². The van der Waals surface area contributed by atoms with Crippen molar-refractivity contribution < 1.29 is 22.8 Å². The smallest absolute Gasteiger partial charge is 0.161 e. The predicted octanol–water partition coefficient (Wildman–Crippen LogP) is 6.77. The zero-order valence-electron chi connectivity index (χ0n) is 21.7. The Morgan fingerprint density at radius 1 is 1.00 bits per heavy atom. The van der Waals surface area contributed by atoms with Crippen molar-refractivity contribution in [3.05, 3.63) is 77.6 Å². The molecule has 0 spiro atoms. The third kappa shape index (κ3) is 4.24. The van der Waals surface area contributed by atoms with E-state index in [0.717, 1.165) is 71.2 Å². The van der Waals surface area contributed by atoms with Gasteiger partial charge in [-0.2, -0.15) is 0 Å². The molecule has 2 aromatic carbocycles. The Balaban J connectivity index is 1.49. The molecule has 2 aliphatic rings. The van der Waals surface area contributed by atoms with Crippen molar-refractivity contribution in [2.75, 3.05) is 18.7 Å². The van der Waals surface area contributed by atoms with Gasteiger partial charge in [-0.25, -0.2) is 13.8 Å². The Hall–Kier alpha value is -3.72. The number of ether oxygens (including phenoxy) is 2. The number of hydrogen-bond acceptors (Lipinski definition) is 6. The number of hydrogen-bond donors (Lipinski definition) is 0. The average Bonchev–Trinajstić information content (AvgIpc) is 3.48. The summed E-state index contributed by atoms with van der Waals surface area (Å²) < 4.78 is 46.9. The second-order valence-electron chi connectivity index (χ2n) is 10.0. The largest absolute Gasteiger partial charge is 0.481 e. The van der Waals surface area contributed by atoms with Gasteiger partial charge < -0.3 is 23.5 Å². The average molecular weight is 521 g/mol. The number of nitrogens with zero attached hydrogens (tertiary/aromatic N) is 4. The van der Waals surface area contributed by atoms with E-state index < -0.39 is 11.6 Å². The van der Waals surface area contributed by atoms with Gasteiger partial charge in [0.25, 0.3) is 0 Å². The van der Waals surface area contributed by atoms with E-state index in [9.17, 15) is 8.78 Å². The predicted molar refractivity (Wildman–Crippen MR) is 140 cm³/mol. The topological polar surface area (TPSA) is 65.6 Å². The summed E-state index contributed by atoms with van der Waals surface area (Å²) in [6, 6.07) is 10.1. The fraction of sp³-hybridized carbons (Fsp3) is 0.379. The van der Waals surface area contributed by atoms with Gasteiger partial charge >= 0.3 is 0 Å². The lowest BCUT2D eigenvalue weighted by Gasteiger charge is -2.36. The first kappa shape index (κ1) is 24.6. The normalized spacial score (nSPS) is 21.7. The molecule has 0 saturated heterocycles. The molecule has 9 heteroatoms. The SMILES string of the molecule is COC1CCC(n2c([C@@H]3C=COCN3c3ccc(F)c(F)c3)nc3cc(-c4c(C)noc4C)ccc32)CC1. The quantitative estimate of drug-likeness (QED) is 0.290. The minimum absolute atomic E-state index is 0.191. The summed E-state index contributed by atoms with van der Waals surface area (Å²) in [6.07, 6.45) is 7.68. The van der Waals surface area contributed by atoms with E-state index in [1.165, 1.54) is 6.07 Å². The molecule has 0 bridgehead atoms. The van der Waals surface area contributed by atoms with Crippen LogP contribution >= 0.6 is 0 Å². The molecular weight excluding hydrogens is 490 g/mol. The molecule has 2 aromatic heterocycles. The van der Waals surface area contributed by atoms with Crippen LogP contribution in [0.4, 0.5) is 14.5 Å². The molecule has 38 heavy (non-hydrogen) atoms. The summed E-state index contributed by atoms with van der Waals surface area (Å²) >= 11 is 0. The third-order valence-corrected chi connectivity index (χ3v) is 7.79. The van der Waals surface area contributed by atoms with E-state index in [2.05, 4.69) is 27.9 Å². The highest BCUT2D eigenvalue weighted by Gasteiger charge is 2.32. The van der Waals surface area contributed by atoms with Crippen LogP contribution in [0, 0.1) is 25.5 Å². The monoisotopic (exact) mass is 520 g/mol. The van der Waals surface area contributed by atoms with Crippen molar-refractivity contribution in [2.45, 2.75) is 57.7 Å². The first-order chi connectivity index (χ1) is 18.4. The maximum atomic E-state index is 14.2. The van der Waals surface area contributed by atoms with Crippen LogP contribution in [0.3, 0.4) is 0 Å². The number of fused-ring (bicyclic) bond motifs is 1. The van der Waals surface area contributed by atoms with Gasteiger partial charge in [0.1, 0.15) is 17.6 Å².